The minimum Gasteiger partial charge on any atom is -0.418 e. The summed E-state index contributed by atoms with van der Waals surface area (Å²) in [5, 5.41) is 15.9. The van der Waals surface area contributed by atoms with Gasteiger partial charge >= 0.3 is 0 Å². The molecule has 0 N–H and O–H groups in total. The van der Waals surface area contributed by atoms with Crippen LogP contribution in [0.1, 0.15) is 23.8 Å². The molecule has 0 saturated carbocycles. The van der Waals surface area contributed by atoms with Gasteiger partial charge in [0, 0.05) is 6.20 Å². The first kappa shape index (κ1) is 10.6. The maximum absolute atomic E-state index is 8.62. The summed E-state index contributed by atoms with van der Waals surface area (Å²) in [6, 6.07) is 5.26. The van der Waals surface area contributed by atoms with Gasteiger partial charge in [0.15, 0.2) is 0 Å². The van der Waals surface area contributed by atoms with Gasteiger partial charge in [0.25, 0.3) is 5.89 Å². The predicted octanol–water partition coefficient (Wildman–Crippen LogP) is 2.30. The maximum Gasteiger partial charge on any atom is 0.266 e. The number of nitriles is 1. The van der Waals surface area contributed by atoms with Crippen molar-refractivity contribution >= 4 is 11.6 Å². The number of alkyl halides is 1. The van der Waals surface area contributed by atoms with Crippen molar-refractivity contribution in [3.63, 3.8) is 0 Å². The van der Waals surface area contributed by atoms with Crippen molar-refractivity contribution in [3.05, 3.63) is 29.8 Å². The summed E-state index contributed by atoms with van der Waals surface area (Å²) in [5.41, 5.74) is 1.00. The Morgan fingerprint density at radius 1 is 1.44 bits per heavy atom. The number of halogens is 1. The number of hydrogen-bond donors (Lipinski definition) is 0. The van der Waals surface area contributed by atoms with E-state index < -0.39 is 0 Å². The summed E-state index contributed by atoms with van der Waals surface area (Å²) in [5.74, 6) is 0.648. The summed E-state index contributed by atoms with van der Waals surface area (Å²) >= 11 is 5.79. The van der Waals surface area contributed by atoms with Gasteiger partial charge in [-0.05, 0) is 19.1 Å². The molecule has 0 aromatic carbocycles. The lowest BCUT2D eigenvalue weighted by molar-refractivity contribution is 0.505. The SMILES string of the molecule is CC(Cl)c1nnc(-c2ccc(C#N)cn2)o1. The fourth-order valence-electron chi connectivity index (χ4n) is 1.09. The molecule has 0 aliphatic rings. The Hall–Kier alpha value is -1.93. The molecule has 0 radical (unpaired) electrons. The quantitative estimate of drug-likeness (QED) is 0.746. The van der Waals surface area contributed by atoms with Gasteiger partial charge in [0.1, 0.15) is 17.1 Å². The number of pyridine rings is 1. The average molecular weight is 235 g/mol. The third kappa shape index (κ3) is 2.02. The maximum atomic E-state index is 8.62. The minimum absolute atomic E-state index is 0.298. The van der Waals surface area contributed by atoms with Crippen molar-refractivity contribution < 1.29 is 4.42 Å². The second-order valence-electron chi connectivity index (χ2n) is 3.11. The number of nitrogens with zero attached hydrogens (tertiary/aromatic N) is 4. The molecule has 0 aliphatic heterocycles. The zero-order valence-electron chi connectivity index (χ0n) is 8.38. The zero-order chi connectivity index (χ0) is 11.5. The summed E-state index contributed by atoms with van der Waals surface area (Å²) in [7, 11) is 0. The molecule has 2 aromatic heterocycles. The molecule has 0 bridgehead atoms. The van der Waals surface area contributed by atoms with Crippen LogP contribution in [0.3, 0.4) is 0 Å². The summed E-state index contributed by atoms with van der Waals surface area (Å²) in [6.07, 6.45) is 1.45. The fourth-order valence-corrected chi connectivity index (χ4v) is 1.17. The Bertz CT molecular complexity index is 526. The summed E-state index contributed by atoms with van der Waals surface area (Å²) in [4.78, 5) is 4.03. The third-order valence-electron chi connectivity index (χ3n) is 1.89. The van der Waals surface area contributed by atoms with E-state index in [2.05, 4.69) is 15.2 Å². The second kappa shape index (κ2) is 4.29. The monoisotopic (exact) mass is 234 g/mol. The van der Waals surface area contributed by atoms with E-state index >= 15 is 0 Å². The molecule has 1 unspecified atom stereocenters. The van der Waals surface area contributed by atoms with Gasteiger partial charge in [-0.15, -0.1) is 21.8 Å². The first-order chi connectivity index (χ1) is 7.70. The standard InChI is InChI=1S/C10H7ClN4O/c1-6(11)9-14-15-10(16-9)8-3-2-7(4-12)5-13-8/h2-3,5-6H,1H3. The van der Waals surface area contributed by atoms with E-state index in [4.69, 9.17) is 21.3 Å². The van der Waals surface area contributed by atoms with Crippen molar-refractivity contribution in [3.8, 4) is 17.7 Å². The molecule has 5 nitrogen and oxygen atoms in total. The molecule has 2 heterocycles. The average Bonchev–Trinajstić information content (AvgIpc) is 2.78. The second-order valence-corrected chi connectivity index (χ2v) is 3.76. The van der Waals surface area contributed by atoms with Gasteiger partial charge in [-0.1, -0.05) is 0 Å². The van der Waals surface area contributed by atoms with E-state index in [1.54, 1.807) is 19.1 Å². The Balaban J connectivity index is 2.32. The molecular weight excluding hydrogens is 228 g/mol. The van der Waals surface area contributed by atoms with Gasteiger partial charge in [0.2, 0.25) is 5.89 Å². The van der Waals surface area contributed by atoms with E-state index in [-0.39, 0.29) is 5.38 Å². The van der Waals surface area contributed by atoms with Crippen LogP contribution in [-0.4, -0.2) is 15.2 Å². The van der Waals surface area contributed by atoms with Crippen molar-refractivity contribution in [2.45, 2.75) is 12.3 Å². The molecule has 2 rings (SSSR count). The van der Waals surface area contributed by atoms with Crippen LogP contribution in [0.4, 0.5) is 0 Å². The topological polar surface area (TPSA) is 75.6 Å². The zero-order valence-corrected chi connectivity index (χ0v) is 9.14. The highest BCUT2D eigenvalue weighted by molar-refractivity contribution is 6.20. The largest absolute Gasteiger partial charge is 0.418 e. The molecule has 0 saturated heterocycles. The Kier molecular flexibility index (Phi) is 2.84. The van der Waals surface area contributed by atoms with Gasteiger partial charge in [-0.2, -0.15) is 5.26 Å². The lowest BCUT2D eigenvalue weighted by Gasteiger charge is -1.94. The lowest BCUT2D eigenvalue weighted by atomic mass is 10.3. The van der Waals surface area contributed by atoms with Gasteiger partial charge in [0.05, 0.1) is 5.56 Å². The van der Waals surface area contributed by atoms with Crippen LogP contribution >= 0.6 is 11.6 Å². The molecule has 0 fully saturated rings. The first-order valence-electron chi connectivity index (χ1n) is 4.54. The molecule has 0 amide bonds. The van der Waals surface area contributed by atoms with Crippen molar-refractivity contribution in [2.75, 3.05) is 0 Å². The highest BCUT2D eigenvalue weighted by Crippen LogP contribution is 2.22. The van der Waals surface area contributed by atoms with Crippen LogP contribution < -0.4 is 0 Å². The van der Waals surface area contributed by atoms with Crippen molar-refractivity contribution in [1.29, 1.82) is 5.26 Å². The van der Waals surface area contributed by atoms with Gasteiger partial charge in [-0.3, -0.25) is 0 Å². The van der Waals surface area contributed by atoms with Crippen LogP contribution in [0, 0.1) is 11.3 Å². The first-order valence-corrected chi connectivity index (χ1v) is 4.98. The Labute approximate surface area is 96.7 Å². The van der Waals surface area contributed by atoms with Crippen LogP contribution in [0.2, 0.25) is 0 Å². The number of aromatic nitrogens is 3. The summed E-state index contributed by atoms with van der Waals surface area (Å²) < 4.78 is 5.31. The van der Waals surface area contributed by atoms with E-state index in [1.165, 1.54) is 6.20 Å². The predicted molar refractivity (Wildman–Crippen MR) is 56.5 cm³/mol. The van der Waals surface area contributed by atoms with Crippen molar-refractivity contribution in [2.24, 2.45) is 0 Å². The molecule has 16 heavy (non-hydrogen) atoms. The normalized spacial score (nSPS) is 12.1. The smallest absolute Gasteiger partial charge is 0.266 e. The number of rotatable bonds is 2. The summed E-state index contributed by atoms with van der Waals surface area (Å²) in [6.45, 7) is 1.74. The van der Waals surface area contributed by atoms with E-state index in [1.807, 2.05) is 6.07 Å². The molecule has 6 heteroatoms. The fraction of sp³-hybridized carbons (Fsp3) is 0.200. The van der Waals surface area contributed by atoms with Crippen LogP contribution in [0.15, 0.2) is 22.7 Å². The van der Waals surface area contributed by atoms with E-state index in [0.29, 0.717) is 23.0 Å². The molecule has 0 spiro atoms. The van der Waals surface area contributed by atoms with E-state index in [9.17, 15) is 0 Å². The highest BCUT2D eigenvalue weighted by atomic mass is 35.5. The van der Waals surface area contributed by atoms with Crippen LogP contribution in [0.5, 0.6) is 0 Å². The lowest BCUT2D eigenvalue weighted by Crippen LogP contribution is -1.84. The molecule has 1 atom stereocenters. The van der Waals surface area contributed by atoms with Gasteiger partial charge in [-0.25, -0.2) is 4.98 Å². The number of hydrogen-bond acceptors (Lipinski definition) is 5. The minimum atomic E-state index is -0.334. The van der Waals surface area contributed by atoms with Crippen LogP contribution in [-0.2, 0) is 0 Å². The van der Waals surface area contributed by atoms with E-state index in [0.717, 1.165) is 0 Å². The molecule has 80 valence electrons. The Morgan fingerprint density at radius 2 is 2.25 bits per heavy atom. The molecular formula is C10H7ClN4O. The Morgan fingerprint density at radius 3 is 2.75 bits per heavy atom. The highest BCUT2D eigenvalue weighted by Gasteiger charge is 2.13. The van der Waals surface area contributed by atoms with Gasteiger partial charge < -0.3 is 4.42 Å². The van der Waals surface area contributed by atoms with Crippen LogP contribution in [0.25, 0.3) is 11.6 Å². The third-order valence-corrected chi connectivity index (χ3v) is 2.08. The van der Waals surface area contributed by atoms with Crippen molar-refractivity contribution in [1.82, 2.24) is 15.2 Å². The molecule has 0 aliphatic carbocycles. The molecule has 2 aromatic rings.